The molecule has 0 saturated carbocycles. The van der Waals surface area contributed by atoms with Crippen LogP contribution in [0, 0.1) is 20.8 Å². The van der Waals surface area contributed by atoms with Crippen molar-refractivity contribution in [1.82, 2.24) is 4.57 Å². The molecule has 1 aromatic carbocycles. The van der Waals surface area contributed by atoms with E-state index in [4.69, 9.17) is 0 Å². The van der Waals surface area contributed by atoms with Crippen molar-refractivity contribution in [3.63, 3.8) is 0 Å². The molecule has 0 aliphatic carbocycles. The number of carbonyl (C=O) groups excluding carboxylic acids is 1. The Balaban J connectivity index is 3.07. The minimum Gasteiger partial charge on any atom is -0.341 e. The van der Waals surface area contributed by atoms with Gasteiger partial charge < -0.3 is 4.57 Å². The molecule has 2 nitrogen and oxygen atoms in total. The lowest BCUT2D eigenvalue weighted by atomic mass is 10.0. The Morgan fingerprint density at radius 1 is 1.13 bits per heavy atom. The number of nitrogens with zero attached hydrogens (tertiary/aromatic N) is 1. The number of fused-ring (bicyclic) bond motifs is 1. The fraction of sp³-hybridized carbons (Fsp3) is 0.308. The van der Waals surface area contributed by atoms with Gasteiger partial charge in [-0.05, 0) is 37.5 Å². The molecule has 0 aliphatic rings. The largest absolute Gasteiger partial charge is 0.341 e. The first kappa shape index (κ1) is 9.97. The van der Waals surface area contributed by atoms with Crippen molar-refractivity contribution >= 4 is 17.2 Å². The first-order chi connectivity index (χ1) is 7.07. The van der Waals surface area contributed by atoms with Gasteiger partial charge in [-0.2, -0.15) is 0 Å². The maximum Gasteiger partial charge on any atom is 0.166 e. The molecule has 0 unspecified atom stereocenters. The summed E-state index contributed by atoms with van der Waals surface area (Å²) in [5.74, 6) is 0. The second-order valence-corrected chi connectivity index (χ2v) is 4.11. The molecule has 2 aromatic rings. The molecule has 0 amide bonds. The highest BCUT2D eigenvalue weighted by atomic mass is 16.1. The van der Waals surface area contributed by atoms with E-state index in [1.54, 1.807) is 0 Å². The molecule has 0 radical (unpaired) electrons. The second kappa shape index (κ2) is 3.23. The van der Waals surface area contributed by atoms with E-state index >= 15 is 0 Å². The van der Waals surface area contributed by atoms with Crippen LogP contribution >= 0.6 is 0 Å². The quantitative estimate of drug-likeness (QED) is 0.650. The zero-order valence-corrected chi connectivity index (χ0v) is 9.59. The van der Waals surface area contributed by atoms with Crippen molar-refractivity contribution in [2.45, 2.75) is 20.8 Å². The zero-order chi connectivity index (χ0) is 11.2. The van der Waals surface area contributed by atoms with Gasteiger partial charge in [0.05, 0.1) is 11.2 Å². The SMILES string of the molecule is Cc1ccc(C)c2c1c(C)c(C=O)n2C. The Kier molecular flexibility index (Phi) is 2.14. The highest BCUT2D eigenvalue weighted by molar-refractivity contribution is 5.96. The number of hydrogen-bond acceptors (Lipinski definition) is 1. The lowest BCUT2D eigenvalue weighted by Crippen LogP contribution is -1.96. The summed E-state index contributed by atoms with van der Waals surface area (Å²) in [5.41, 5.74) is 5.49. The van der Waals surface area contributed by atoms with E-state index in [1.807, 2.05) is 18.5 Å². The van der Waals surface area contributed by atoms with Gasteiger partial charge >= 0.3 is 0 Å². The van der Waals surface area contributed by atoms with Crippen molar-refractivity contribution in [3.05, 3.63) is 34.5 Å². The summed E-state index contributed by atoms with van der Waals surface area (Å²) in [6, 6.07) is 4.21. The van der Waals surface area contributed by atoms with Crippen LogP contribution in [0.4, 0.5) is 0 Å². The number of aromatic nitrogens is 1. The first-order valence-corrected chi connectivity index (χ1v) is 5.08. The minimum absolute atomic E-state index is 0.780. The minimum atomic E-state index is 0.780. The monoisotopic (exact) mass is 201 g/mol. The summed E-state index contributed by atoms with van der Waals surface area (Å²) in [7, 11) is 1.95. The average molecular weight is 201 g/mol. The Morgan fingerprint density at radius 3 is 2.27 bits per heavy atom. The lowest BCUT2D eigenvalue weighted by molar-refractivity contribution is 0.111. The zero-order valence-electron chi connectivity index (χ0n) is 9.59. The fourth-order valence-corrected chi connectivity index (χ4v) is 2.37. The lowest BCUT2D eigenvalue weighted by Gasteiger charge is -2.03. The predicted molar refractivity (Wildman–Crippen MR) is 62.5 cm³/mol. The predicted octanol–water partition coefficient (Wildman–Crippen LogP) is 2.92. The summed E-state index contributed by atoms with van der Waals surface area (Å²) < 4.78 is 1.99. The molecule has 1 heterocycles. The summed E-state index contributed by atoms with van der Waals surface area (Å²) in [4.78, 5) is 11.0. The van der Waals surface area contributed by atoms with Gasteiger partial charge in [0.1, 0.15) is 0 Å². The Hall–Kier alpha value is -1.57. The van der Waals surface area contributed by atoms with Gasteiger partial charge in [0.25, 0.3) is 0 Å². The van der Waals surface area contributed by atoms with Gasteiger partial charge in [-0.1, -0.05) is 12.1 Å². The summed E-state index contributed by atoms with van der Waals surface area (Å²) in [5, 5.41) is 1.22. The van der Waals surface area contributed by atoms with E-state index in [0.29, 0.717) is 0 Å². The summed E-state index contributed by atoms with van der Waals surface area (Å²) in [6.45, 7) is 6.18. The maximum atomic E-state index is 11.0. The van der Waals surface area contributed by atoms with Gasteiger partial charge in [0.15, 0.2) is 6.29 Å². The van der Waals surface area contributed by atoms with Gasteiger partial charge in [-0.3, -0.25) is 4.79 Å². The number of aldehydes is 1. The van der Waals surface area contributed by atoms with Crippen molar-refractivity contribution in [1.29, 1.82) is 0 Å². The van der Waals surface area contributed by atoms with Crippen LogP contribution in [0.15, 0.2) is 12.1 Å². The number of rotatable bonds is 1. The van der Waals surface area contributed by atoms with E-state index in [0.717, 1.165) is 17.5 Å². The normalized spacial score (nSPS) is 10.9. The third kappa shape index (κ3) is 1.21. The van der Waals surface area contributed by atoms with Crippen LogP contribution in [0.25, 0.3) is 10.9 Å². The molecule has 0 N–H and O–H groups in total. The van der Waals surface area contributed by atoms with Crippen LogP contribution in [0.5, 0.6) is 0 Å². The van der Waals surface area contributed by atoms with Crippen molar-refractivity contribution in [2.75, 3.05) is 0 Å². The second-order valence-electron chi connectivity index (χ2n) is 4.11. The van der Waals surface area contributed by atoms with Crippen LogP contribution in [0.2, 0.25) is 0 Å². The summed E-state index contributed by atoms with van der Waals surface area (Å²) in [6.07, 6.45) is 0.939. The van der Waals surface area contributed by atoms with Crippen molar-refractivity contribution in [3.8, 4) is 0 Å². The van der Waals surface area contributed by atoms with Crippen LogP contribution in [-0.4, -0.2) is 10.9 Å². The van der Waals surface area contributed by atoms with E-state index in [-0.39, 0.29) is 0 Å². The molecule has 2 heteroatoms. The number of aryl methyl sites for hydroxylation is 4. The van der Waals surface area contributed by atoms with Gasteiger partial charge in [0.2, 0.25) is 0 Å². The number of hydrogen-bond donors (Lipinski definition) is 0. The van der Waals surface area contributed by atoms with Crippen LogP contribution in [0.1, 0.15) is 27.2 Å². The smallest absolute Gasteiger partial charge is 0.166 e. The van der Waals surface area contributed by atoms with Crippen LogP contribution < -0.4 is 0 Å². The van der Waals surface area contributed by atoms with Crippen molar-refractivity contribution < 1.29 is 4.79 Å². The topological polar surface area (TPSA) is 22.0 Å². The van der Waals surface area contributed by atoms with E-state index in [9.17, 15) is 4.79 Å². The Bertz CT molecular complexity index is 504. The summed E-state index contributed by atoms with van der Waals surface area (Å²) >= 11 is 0. The van der Waals surface area contributed by atoms with Gasteiger partial charge in [-0.15, -0.1) is 0 Å². The van der Waals surface area contributed by atoms with E-state index < -0.39 is 0 Å². The average Bonchev–Trinajstić information content (AvgIpc) is 2.46. The first-order valence-electron chi connectivity index (χ1n) is 5.08. The third-order valence-corrected chi connectivity index (χ3v) is 3.16. The highest BCUT2D eigenvalue weighted by Gasteiger charge is 2.13. The molecule has 2 rings (SSSR count). The molecular weight excluding hydrogens is 186 g/mol. The molecule has 0 saturated heterocycles. The Morgan fingerprint density at radius 2 is 1.73 bits per heavy atom. The molecule has 0 aliphatic heterocycles. The van der Waals surface area contributed by atoms with Crippen molar-refractivity contribution in [2.24, 2.45) is 7.05 Å². The number of benzene rings is 1. The molecular formula is C13H15NO. The molecule has 0 spiro atoms. The van der Waals surface area contributed by atoms with Crippen LogP contribution in [-0.2, 0) is 7.05 Å². The molecule has 0 bridgehead atoms. The highest BCUT2D eigenvalue weighted by Crippen LogP contribution is 2.29. The Labute approximate surface area is 89.5 Å². The van der Waals surface area contributed by atoms with Gasteiger partial charge in [0, 0.05) is 12.4 Å². The molecule has 1 aromatic heterocycles. The van der Waals surface area contributed by atoms with E-state index in [2.05, 4.69) is 26.0 Å². The third-order valence-electron chi connectivity index (χ3n) is 3.16. The number of carbonyl (C=O) groups is 1. The molecule has 0 fully saturated rings. The fourth-order valence-electron chi connectivity index (χ4n) is 2.37. The molecule has 0 atom stereocenters. The van der Waals surface area contributed by atoms with Gasteiger partial charge in [-0.25, -0.2) is 0 Å². The molecule has 78 valence electrons. The maximum absolute atomic E-state index is 11.0. The van der Waals surface area contributed by atoms with Crippen LogP contribution in [0.3, 0.4) is 0 Å². The molecule has 15 heavy (non-hydrogen) atoms. The standard InChI is InChI=1S/C13H15NO/c1-8-5-6-9(2)13-12(8)10(3)11(7-15)14(13)4/h5-7H,1-4H3. The van der Waals surface area contributed by atoms with E-state index in [1.165, 1.54) is 22.0 Å².